The van der Waals surface area contributed by atoms with E-state index < -0.39 is 5.79 Å². The summed E-state index contributed by atoms with van der Waals surface area (Å²) in [6.45, 7) is 8.24. The Labute approximate surface area is 115 Å². The van der Waals surface area contributed by atoms with Crippen LogP contribution in [0.15, 0.2) is 12.2 Å². The molecule has 108 valence electrons. The lowest BCUT2D eigenvalue weighted by atomic mass is 9.86. The molecule has 0 spiro atoms. The number of hydrogen-bond donors (Lipinski definition) is 0. The summed E-state index contributed by atoms with van der Waals surface area (Å²) >= 11 is 0. The zero-order chi connectivity index (χ0) is 14.0. The molecule has 4 nitrogen and oxygen atoms in total. The monoisotopic (exact) mass is 268 g/mol. The summed E-state index contributed by atoms with van der Waals surface area (Å²) in [4.78, 5) is 12.2. The van der Waals surface area contributed by atoms with Crippen LogP contribution in [0.2, 0.25) is 0 Å². The molecule has 0 unspecified atom stereocenters. The Kier molecular flexibility index (Phi) is 4.43. The van der Waals surface area contributed by atoms with E-state index in [0.29, 0.717) is 13.0 Å². The van der Waals surface area contributed by atoms with Crippen LogP contribution in [0, 0.1) is 5.92 Å². The third-order valence-corrected chi connectivity index (χ3v) is 3.81. The van der Waals surface area contributed by atoms with Gasteiger partial charge in [0.2, 0.25) is 0 Å². The average molecular weight is 268 g/mol. The van der Waals surface area contributed by atoms with Crippen LogP contribution in [0.3, 0.4) is 0 Å². The molecule has 0 aromatic carbocycles. The van der Waals surface area contributed by atoms with Gasteiger partial charge in [0.1, 0.15) is 11.9 Å². The highest BCUT2D eigenvalue weighted by Crippen LogP contribution is 2.32. The number of ether oxygens (including phenoxy) is 3. The molecule has 0 radical (unpaired) electrons. The maximum atomic E-state index is 12.2. The molecule has 0 aromatic rings. The minimum absolute atomic E-state index is 0.0252. The second kappa shape index (κ2) is 5.73. The highest BCUT2D eigenvalue weighted by Gasteiger charge is 2.44. The average Bonchev–Trinajstić information content (AvgIpc) is 2.70. The van der Waals surface area contributed by atoms with Crippen LogP contribution >= 0.6 is 0 Å². The number of carbonyl (C=O) groups excluding carboxylic acids is 1. The molecular weight excluding hydrogens is 244 g/mol. The number of allylic oxidation sites excluding steroid dienone is 1. The van der Waals surface area contributed by atoms with Crippen molar-refractivity contribution >= 4 is 5.78 Å². The summed E-state index contributed by atoms with van der Waals surface area (Å²) in [6.07, 6.45) is 4.68. The largest absolute Gasteiger partial charge is 0.367 e. The fourth-order valence-electron chi connectivity index (χ4n) is 2.82. The zero-order valence-corrected chi connectivity index (χ0v) is 12.2. The number of hydrogen-bond acceptors (Lipinski definition) is 4. The van der Waals surface area contributed by atoms with Gasteiger partial charge in [-0.15, -0.1) is 0 Å². The highest BCUT2D eigenvalue weighted by atomic mass is 16.7. The van der Waals surface area contributed by atoms with Crippen LogP contribution < -0.4 is 0 Å². The normalized spacial score (nSPS) is 39.1. The standard InChI is InChI=1S/C15H24O4/c1-5-7-12-10(6-2)11(16)8-13(18-12)14-9-17-15(3,4)19-14/h5,7,10,12-14H,6,8-9H2,1-4H3/b7-5+/t10-,12-,13-,14-/m1/s1. The fraction of sp³-hybridized carbons (Fsp3) is 0.800. The van der Waals surface area contributed by atoms with Gasteiger partial charge >= 0.3 is 0 Å². The Morgan fingerprint density at radius 3 is 2.63 bits per heavy atom. The highest BCUT2D eigenvalue weighted by molar-refractivity contribution is 5.83. The van der Waals surface area contributed by atoms with Crippen molar-refractivity contribution in [3.05, 3.63) is 12.2 Å². The Balaban J connectivity index is 2.06. The number of ketones is 1. The molecule has 2 heterocycles. The van der Waals surface area contributed by atoms with Crippen LogP contribution in [0.5, 0.6) is 0 Å². The first-order valence-corrected chi connectivity index (χ1v) is 7.09. The summed E-state index contributed by atoms with van der Waals surface area (Å²) in [5, 5.41) is 0. The molecule has 2 saturated heterocycles. The molecule has 0 aromatic heterocycles. The van der Waals surface area contributed by atoms with Crippen molar-refractivity contribution in [3.63, 3.8) is 0 Å². The van der Waals surface area contributed by atoms with Crippen molar-refractivity contribution in [2.45, 2.75) is 64.6 Å². The first-order valence-electron chi connectivity index (χ1n) is 7.09. The van der Waals surface area contributed by atoms with E-state index in [2.05, 4.69) is 0 Å². The van der Waals surface area contributed by atoms with Crippen molar-refractivity contribution in [3.8, 4) is 0 Å². The van der Waals surface area contributed by atoms with Crippen molar-refractivity contribution in [1.29, 1.82) is 0 Å². The summed E-state index contributed by atoms with van der Waals surface area (Å²) in [5.41, 5.74) is 0. The molecule has 4 heteroatoms. The third kappa shape index (κ3) is 3.25. The lowest BCUT2D eigenvalue weighted by Gasteiger charge is -2.36. The predicted molar refractivity (Wildman–Crippen MR) is 71.8 cm³/mol. The Morgan fingerprint density at radius 2 is 2.11 bits per heavy atom. The molecule has 2 rings (SSSR count). The minimum Gasteiger partial charge on any atom is -0.367 e. The van der Waals surface area contributed by atoms with Gasteiger partial charge in [-0.25, -0.2) is 0 Å². The van der Waals surface area contributed by atoms with Gasteiger partial charge in [-0.05, 0) is 27.2 Å². The molecule has 4 atom stereocenters. The van der Waals surface area contributed by atoms with Gasteiger partial charge in [0.25, 0.3) is 0 Å². The zero-order valence-electron chi connectivity index (χ0n) is 12.2. The van der Waals surface area contributed by atoms with Crippen molar-refractivity contribution in [1.82, 2.24) is 0 Å². The molecule has 0 aliphatic carbocycles. The molecule has 0 amide bonds. The lowest BCUT2D eigenvalue weighted by molar-refractivity contribution is -0.176. The minimum atomic E-state index is -0.575. The van der Waals surface area contributed by atoms with E-state index in [-0.39, 0.29) is 30.0 Å². The van der Waals surface area contributed by atoms with Gasteiger partial charge in [0.15, 0.2) is 5.79 Å². The molecule has 0 bridgehead atoms. The maximum Gasteiger partial charge on any atom is 0.163 e. The predicted octanol–water partition coefficient (Wildman–Crippen LogP) is 2.47. The smallest absolute Gasteiger partial charge is 0.163 e. The first-order chi connectivity index (χ1) is 8.96. The topological polar surface area (TPSA) is 44.8 Å². The number of Topliss-reactive ketones (excluding diaryl/α,β-unsaturated/α-hetero) is 1. The van der Waals surface area contributed by atoms with Gasteiger partial charge in [0, 0.05) is 12.3 Å². The van der Waals surface area contributed by atoms with Crippen LogP contribution in [0.1, 0.15) is 40.5 Å². The van der Waals surface area contributed by atoms with Gasteiger partial charge in [-0.2, -0.15) is 0 Å². The van der Waals surface area contributed by atoms with E-state index in [9.17, 15) is 4.79 Å². The summed E-state index contributed by atoms with van der Waals surface area (Å²) < 4.78 is 17.4. The molecular formula is C15H24O4. The van der Waals surface area contributed by atoms with E-state index in [1.54, 1.807) is 0 Å². The molecule has 0 saturated carbocycles. The van der Waals surface area contributed by atoms with Crippen molar-refractivity contribution < 1.29 is 19.0 Å². The van der Waals surface area contributed by atoms with Crippen LogP contribution in [-0.4, -0.2) is 36.5 Å². The van der Waals surface area contributed by atoms with Crippen LogP contribution in [0.25, 0.3) is 0 Å². The fourth-order valence-corrected chi connectivity index (χ4v) is 2.82. The van der Waals surface area contributed by atoms with Gasteiger partial charge in [-0.1, -0.05) is 19.1 Å². The molecule has 0 N–H and O–H groups in total. The van der Waals surface area contributed by atoms with E-state index >= 15 is 0 Å². The van der Waals surface area contributed by atoms with Gasteiger partial charge in [0.05, 0.1) is 18.8 Å². The maximum absolute atomic E-state index is 12.2. The summed E-state index contributed by atoms with van der Waals surface area (Å²) in [6, 6.07) is 0. The number of rotatable bonds is 3. The summed E-state index contributed by atoms with van der Waals surface area (Å²) in [7, 11) is 0. The van der Waals surface area contributed by atoms with Crippen LogP contribution in [-0.2, 0) is 19.0 Å². The van der Waals surface area contributed by atoms with E-state index in [0.717, 1.165) is 6.42 Å². The van der Waals surface area contributed by atoms with E-state index in [1.807, 2.05) is 39.8 Å². The molecule has 2 fully saturated rings. The molecule has 19 heavy (non-hydrogen) atoms. The third-order valence-electron chi connectivity index (χ3n) is 3.81. The van der Waals surface area contributed by atoms with Crippen LogP contribution in [0.4, 0.5) is 0 Å². The lowest BCUT2D eigenvalue weighted by Crippen LogP contribution is -2.46. The van der Waals surface area contributed by atoms with Gasteiger partial charge in [-0.3, -0.25) is 4.79 Å². The second-order valence-corrected chi connectivity index (χ2v) is 5.72. The summed E-state index contributed by atoms with van der Waals surface area (Å²) in [5.74, 6) is -0.327. The number of carbonyl (C=O) groups is 1. The van der Waals surface area contributed by atoms with Crippen molar-refractivity contribution in [2.75, 3.05) is 6.61 Å². The first kappa shape index (κ1) is 14.7. The Hall–Kier alpha value is -0.710. The van der Waals surface area contributed by atoms with E-state index in [4.69, 9.17) is 14.2 Å². The van der Waals surface area contributed by atoms with Gasteiger partial charge < -0.3 is 14.2 Å². The quantitative estimate of drug-likeness (QED) is 0.738. The Morgan fingerprint density at radius 1 is 1.37 bits per heavy atom. The molecule has 2 aliphatic rings. The van der Waals surface area contributed by atoms with E-state index in [1.165, 1.54) is 0 Å². The second-order valence-electron chi connectivity index (χ2n) is 5.72. The Bertz CT molecular complexity index is 361. The SMILES string of the molecule is C/C=C/[C@H]1O[C@@H]([C@H]2COC(C)(C)O2)CC(=O)[C@H]1CC. The molecule has 2 aliphatic heterocycles. The van der Waals surface area contributed by atoms with Crippen molar-refractivity contribution in [2.24, 2.45) is 5.92 Å².